The first-order chi connectivity index (χ1) is 21.9. The summed E-state index contributed by atoms with van der Waals surface area (Å²) in [6, 6.07) is 31.7. The molecule has 4 aromatic carbocycles. The zero-order valence-corrected chi connectivity index (χ0v) is 26.8. The van der Waals surface area contributed by atoms with Crippen LogP contribution in [0, 0.1) is 0 Å². The van der Waals surface area contributed by atoms with Gasteiger partial charge in [-0.2, -0.15) is 0 Å². The summed E-state index contributed by atoms with van der Waals surface area (Å²) in [7, 11) is -1.16. The van der Waals surface area contributed by atoms with Gasteiger partial charge >= 0.3 is 0 Å². The van der Waals surface area contributed by atoms with Crippen molar-refractivity contribution in [3.63, 3.8) is 0 Å². The quantitative estimate of drug-likeness (QED) is 0.168. The number of sulfonamides is 1. The van der Waals surface area contributed by atoms with Crippen molar-refractivity contribution in [3.05, 3.63) is 120 Å². The number of methoxy groups -OCH3 is 2. The topological polar surface area (TPSA) is 84.9 Å². The molecule has 0 fully saturated rings. The lowest BCUT2D eigenvalue weighted by Crippen LogP contribution is -2.54. The van der Waals surface area contributed by atoms with Gasteiger partial charge in [0, 0.05) is 12.1 Å². The largest absolute Gasteiger partial charge is 0.493 e. The molecule has 0 aromatic heterocycles. The minimum absolute atomic E-state index is 0.0388. The van der Waals surface area contributed by atoms with Gasteiger partial charge in [-0.1, -0.05) is 78.9 Å². The highest BCUT2D eigenvalue weighted by atomic mass is 32.2. The lowest BCUT2D eigenvalue weighted by molar-refractivity contribution is -0.123. The lowest BCUT2D eigenvalue weighted by Gasteiger charge is -2.37. The molecule has 1 aliphatic heterocycles. The molecule has 1 amide bonds. The Kier molecular flexibility index (Phi) is 10.8. The first kappa shape index (κ1) is 32.1. The summed E-state index contributed by atoms with van der Waals surface area (Å²) in [5.74, 6) is 0.471. The fourth-order valence-electron chi connectivity index (χ4n) is 6.12. The molecule has 1 unspecified atom stereocenters. The number of aryl methyl sites for hydroxylation is 3. The van der Waals surface area contributed by atoms with Gasteiger partial charge in [-0.3, -0.25) is 9.10 Å². The van der Waals surface area contributed by atoms with Gasteiger partial charge in [0.05, 0.1) is 24.8 Å². The van der Waals surface area contributed by atoms with Crippen molar-refractivity contribution in [2.24, 2.45) is 0 Å². The Bertz CT molecular complexity index is 1620. The molecule has 5 rings (SSSR count). The van der Waals surface area contributed by atoms with Gasteiger partial charge in [0.1, 0.15) is 6.04 Å². The second kappa shape index (κ2) is 15.1. The summed E-state index contributed by atoms with van der Waals surface area (Å²) in [5, 5.41) is 3.29. The van der Waals surface area contributed by atoms with E-state index in [4.69, 9.17) is 9.47 Å². The van der Waals surface area contributed by atoms with Crippen molar-refractivity contribution in [1.29, 1.82) is 0 Å². The maximum Gasteiger partial charge on any atom is 0.265 e. The lowest BCUT2D eigenvalue weighted by atomic mass is 9.96. The molecule has 0 saturated heterocycles. The van der Waals surface area contributed by atoms with Gasteiger partial charge < -0.3 is 14.8 Å². The second-order valence-electron chi connectivity index (χ2n) is 11.5. The van der Waals surface area contributed by atoms with E-state index >= 15 is 0 Å². The average Bonchev–Trinajstić information content (AvgIpc) is 3.08. The van der Waals surface area contributed by atoms with E-state index in [1.165, 1.54) is 41.8 Å². The number of fused-ring (bicyclic) bond motifs is 1. The van der Waals surface area contributed by atoms with E-state index in [1.807, 2.05) is 54.6 Å². The smallest absolute Gasteiger partial charge is 0.265 e. The monoisotopic (exact) mass is 626 g/mol. The van der Waals surface area contributed by atoms with Gasteiger partial charge in [-0.15, -0.1) is 0 Å². The van der Waals surface area contributed by atoms with Crippen molar-refractivity contribution >= 4 is 21.6 Å². The van der Waals surface area contributed by atoms with Crippen LogP contribution in [-0.2, 0) is 34.1 Å². The number of anilines is 1. The molecular weight excluding hydrogens is 584 g/mol. The number of hydrogen-bond donors (Lipinski definition) is 1. The number of ether oxygens (including phenoxy) is 2. The summed E-state index contributed by atoms with van der Waals surface area (Å²) in [6.45, 7) is 0. The molecule has 0 spiro atoms. The van der Waals surface area contributed by atoms with Gasteiger partial charge in [0.25, 0.3) is 10.0 Å². The second-order valence-corrected chi connectivity index (χ2v) is 13.3. The van der Waals surface area contributed by atoms with Crippen LogP contribution < -0.4 is 19.1 Å². The van der Waals surface area contributed by atoms with Gasteiger partial charge in [-0.05, 0) is 86.3 Å². The molecule has 4 aromatic rings. The molecule has 1 N–H and O–H groups in total. The molecule has 0 bridgehead atoms. The van der Waals surface area contributed by atoms with Crippen LogP contribution in [0.5, 0.6) is 11.5 Å². The molecule has 45 heavy (non-hydrogen) atoms. The van der Waals surface area contributed by atoms with E-state index in [1.54, 1.807) is 12.1 Å². The van der Waals surface area contributed by atoms with E-state index in [-0.39, 0.29) is 16.8 Å². The fraction of sp³-hybridized carbons (Fsp3) is 0.324. The van der Waals surface area contributed by atoms with Crippen molar-refractivity contribution in [3.8, 4) is 11.5 Å². The van der Waals surface area contributed by atoms with Gasteiger partial charge in [-0.25, -0.2) is 8.42 Å². The Morgan fingerprint density at radius 3 is 1.98 bits per heavy atom. The first-order valence-electron chi connectivity index (χ1n) is 15.6. The number of carbonyl (C=O) groups excluding carboxylic acids is 1. The Hall–Kier alpha value is -4.30. The van der Waals surface area contributed by atoms with Crippen LogP contribution in [0.25, 0.3) is 0 Å². The molecule has 0 aliphatic carbocycles. The van der Waals surface area contributed by atoms with Crippen LogP contribution in [-0.4, -0.2) is 40.6 Å². The standard InChI is InChI=1S/C37H42N2O5S/c1-43-35-26-24-32(27-36(35)44-2)45(41,42)39-33-22-10-9-19-30(33)23-25-34(39)37(40)38-31(20-11-17-28-13-5-3-6-14-28)21-12-18-29-15-7-4-8-16-29/h3-10,13-16,19,22,24,26-27,31,34H,11-12,17-18,20-21,23,25H2,1-2H3,(H,38,40). The summed E-state index contributed by atoms with van der Waals surface area (Å²) in [5.41, 5.74) is 3.96. The SMILES string of the molecule is COc1ccc(S(=O)(=O)N2c3ccccc3CCC2C(=O)NC(CCCc2ccccc2)CCCc2ccccc2)cc1OC. The van der Waals surface area contributed by atoms with E-state index in [0.29, 0.717) is 30.0 Å². The number of rotatable bonds is 14. The maximum absolute atomic E-state index is 14.3. The highest BCUT2D eigenvalue weighted by Gasteiger charge is 2.40. The summed E-state index contributed by atoms with van der Waals surface area (Å²) in [6.07, 6.45) is 6.28. The average molecular weight is 627 g/mol. The Morgan fingerprint density at radius 1 is 0.800 bits per heavy atom. The van der Waals surface area contributed by atoms with Crippen molar-refractivity contribution < 1.29 is 22.7 Å². The minimum Gasteiger partial charge on any atom is -0.493 e. The molecule has 0 saturated carbocycles. The summed E-state index contributed by atoms with van der Waals surface area (Å²) >= 11 is 0. The van der Waals surface area contributed by atoms with Gasteiger partial charge in [0.2, 0.25) is 5.91 Å². The Labute approximate surface area is 267 Å². The first-order valence-corrected chi connectivity index (χ1v) is 17.1. The third-order valence-corrected chi connectivity index (χ3v) is 10.3. The number of hydrogen-bond acceptors (Lipinski definition) is 5. The molecule has 7 nitrogen and oxygen atoms in total. The molecule has 1 atom stereocenters. The van der Waals surface area contributed by atoms with E-state index in [0.717, 1.165) is 44.1 Å². The third kappa shape index (κ3) is 7.87. The normalized spacial score (nSPS) is 14.6. The van der Waals surface area contributed by atoms with Crippen LogP contribution >= 0.6 is 0 Å². The molecule has 1 aliphatic rings. The van der Waals surface area contributed by atoms with Gasteiger partial charge in [0.15, 0.2) is 11.5 Å². The number of amides is 1. The van der Waals surface area contributed by atoms with Crippen LogP contribution in [0.15, 0.2) is 108 Å². The number of carbonyl (C=O) groups is 1. The predicted octanol–water partition coefficient (Wildman–Crippen LogP) is 6.74. The summed E-state index contributed by atoms with van der Waals surface area (Å²) in [4.78, 5) is 14.2. The highest BCUT2D eigenvalue weighted by molar-refractivity contribution is 7.93. The predicted molar refractivity (Wildman–Crippen MR) is 178 cm³/mol. The minimum atomic E-state index is -4.13. The van der Waals surface area contributed by atoms with Crippen LogP contribution in [0.4, 0.5) is 5.69 Å². The van der Waals surface area contributed by atoms with E-state index in [9.17, 15) is 13.2 Å². The molecule has 0 radical (unpaired) electrons. The molecule has 1 heterocycles. The zero-order chi connectivity index (χ0) is 31.6. The van der Waals surface area contributed by atoms with E-state index < -0.39 is 16.1 Å². The number of nitrogens with zero attached hydrogens (tertiary/aromatic N) is 1. The summed E-state index contributed by atoms with van der Waals surface area (Å²) < 4.78 is 40.7. The van der Waals surface area contributed by atoms with Crippen LogP contribution in [0.2, 0.25) is 0 Å². The molecule has 8 heteroatoms. The Balaban J connectivity index is 1.38. The molecule has 236 valence electrons. The van der Waals surface area contributed by atoms with Crippen molar-refractivity contribution in [2.75, 3.05) is 18.5 Å². The van der Waals surface area contributed by atoms with E-state index in [2.05, 4.69) is 29.6 Å². The molecular formula is C37H42N2O5S. The number of nitrogens with one attached hydrogen (secondary N) is 1. The highest BCUT2D eigenvalue weighted by Crippen LogP contribution is 2.38. The fourth-order valence-corrected chi connectivity index (χ4v) is 7.82. The van der Waals surface area contributed by atoms with Crippen LogP contribution in [0.3, 0.4) is 0 Å². The third-order valence-electron chi connectivity index (χ3n) is 8.48. The van der Waals surface area contributed by atoms with Crippen LogP contribution in [0.1, 0.15) is 48.8 Å². The van der Waals surface area contributed by atoms with Crippen molar-refractivity contribution in [1.82, 2.24) is 5.32 Å². The zero-order valence-electron chi connectivity index (χ0n) is 26.0. The maximum atomic E-state index is 14.3. The van der Waals surface area contributed by atoms with Crippen molar-refractivity contribution in [2.45, 2.75) is 68.3 Å². The Morgan fingerprint density at radius 2 is 1.38 bits per heavy atom. The number of benzene rings is 4. The number of para-hydroxylation sites is 1.